The summed E-state index contributed by atoms with van der Waals surface area (Å²) in [6.45, 7) is 5.28. The Balaban J connectivity index is 1.56. The van der Waals surface area contributed by atoms with Gasteiger partial charge in [-0.25, -0.2) is 15.2 Å². The van der Waals surface area contributed by atoms with Gasteiger partial charge in [0.15, 0.2) is 0 Å². The highest BCUT2D eigenvalue weighted by Gasteiger charge is 2.18. The lowest BCUT2D eigenvalue weighted by atomic mass is 10.0. The number of hydrogen-bond donors (Lipinski definition) is 3. The summed E-state index contributed by atoms with van der Waals surface area (Å²) in [6.07, 6.45) is 3.94. The second-order valence-electron chi connectivity index (χ2n) is 9.53. The van der Waals surface area contributed by atoms with Gasteiger partial charge >= 0.3 is 6.09 Å². The van der Waals surface area contributed by atoms with Gasteiger partial charge in [0.05, 0.1) is 23.4 Å². The van der Waals surface area contributed by atoms with Crippen LogP contribution in [0.25, 0.3) is 22.2 Å². The van der Waals surface area contributed by atoms with Crippen LogP contribution in [0, 0.1) is 11.8 Å². The fraction of sp³-hybridized carbons (Fsp3) is 0.207. The quantitative estimate of drug-likeness (QED) is 0.275. The molecule has 0 bridgehead atoms. The lowest BCUT2D eigenvalue weighted by molar-refractivity contribution is 0.0483. The molecule has 0 fully saturated rings. The molecule has 198 valence electrons. The molecule has 3 N–H and O–H groups in total. The Labute approximate surface area is 224 Å². The average molecular weight is 526 g/mol. The van der Waals surface area contributed by atoms with Gasteiger partial charge in [-0.1, -0.05) is 24.0 Å². The normalized spacial score (nSPS) is 10.9. The minimum absolute atomic E-state index is 0.116. The molecule has 4 aromatic rings. The molecule has 0 saturated heterocycles. The van der Waals surface area contributed by atoms with Crippen LogP contribution >= 0.6 is 0 Å². The van der Waals surface area contributed by atoms with Gasteiger partial charge < -0.3 is 14.4 Å². The third kappa shape index (κ3) is 7.06. The van der Waals surface area contributed by atoms with Crippen LogP contribution in [0.1, 0.15) is 42.3 Å². The van der Waals surface area contributed by atoms with Crippen molar-refractivity contribution in [3.05, 3.63) is 94.2 Å². The van der Waals surface area contributed by atoms with Gasteiger partial charge in [-0.05, 0) is 51.1 Å². The molecule has 4 rings (SSSR count). The third-order valence-corrected chi connectivity index (χ3v) is 5.40. The van der Waals surface area contributed by atoms with Crippen LogP contribution in [-0.4, -0.2) is 43.8 Å². The van der Waals surface area contributed by atoms with Gasteiger partial charge in [-0.3, -0.25) is 20.0 Å². The standard InChI is InChI=1S/C29H27N5O5/c1-29(2,3)39-28(38)33-32-27(37)22-17-25(31-24-10-12-30-18-23(22)24)21-8-6-19(7-9-21)4-5-20-11-13-34(14-15-35)26(36)16-20/h6-13,16-18,35H,14-15H2,1-3H3,(H,32,37)(H,33,38). The number of rotatable bonds is 4. The van der Waals surface area contributed by atoms with E-state index >= 15 is 0 Å². The summed E-state index contributed by atoms with van der Waals surface area (Å²) in [5.41, 5.74) is 7.11. The summed E-state index contributed by atoms with van der Waals surface area (Å²) in [6, 6.07) is 13.8. The minimum Gasteiger partial charge on any atom is -0.443 e. The number of aliphatic hydroxyl groups is 1. The third-order valence-electron chi connectivity index (χ3n) is 5.40. The number of nitrogens with one attached hydrogen (secondary N) is 2. The van der Waals surface area contributed by atoms with Crippen molar-refractivity contribution in [1.29, 1.82) is 0 Å². The van der Waals surface area contributed by atoms with E-state index in [9.17, 15) is 14.4 Å². The van der Waals surface area contributed by atoms with E-state index in [2.05, 4.69) is 32.7 Å². The smallest absolute Gasteiger partial charge is 0.426 e. The highest BCUT2D eigenvalue weighted by molar-refractivity contribution is 6.07. The van der Waals surface area contributed by atoms with E-state index in [1.54, 1.807) is 51.4 Å². The molecule has 39 heavy (non-hydrogen) atoms. The van der Waals surface area contributed by atoms with Crippen LogP contribution in [0.3, 0.4) is 0 Å². The number of benzene rings is 1. The number of carbonyl (C=O) groups is 2. The summed E-state index contributed by atoms with van der Waals surface area (Å²) < 4.78 is 6.57. The van der Waals surface area contributed by atoms with Crippen molar-refractivity contribution in [2.45, 2.75) is 32.9 Å². The molecule has 0 aliphatic heterocycles. The summed E-state index contributed by atoms with van der Waals surface area (Å²) >= 11 is 0. The minimum atomic E-state index is -0.782. The van der Waals surface area contributed by atoms with Crippen LogP contribution in [0.5, 0.6) is 0 Å². The first-order valence-electron chi connectivity index (χ1n) is 12.1. The van der Waals surface area contributed by atoms with Crippen LogP contribution in [0.2, 0.25) is 0 Å². The number of carbonyl (C=O) groups excluding carboxylic acids is 2. The molecule has 10 nitrogen and oxygen atoms in total. The number of fused-ring (bicyclic) bond motifs is 1. The van der Waals surface area contributed by atoms with E-state index in [0.717, 1.165) is 11.1 Å². The second-order valence-corrected chi connectivity index (χ2v) is 9.53. The van der Waals surface area contributed by atoms with Gasteiger partial charge in [-0.2, -0.15) is 0 Å². The van der Waals surface area contributed by atoms with E-state index in [0.29, 0.717) is 22.2 Å². The predicted octanol–water partition coefficient (Wildman–Crippen LogP) is 3.02. The first-order chi connectivity index (χ1) is 18.6. The van der Waals surface area contributed by atoms with Gasteiger partial charge in [0, 0.05) is 53.3 Å². The van der Waals surface area contributed by atoms with Gasteiger partial charge in [-0.15, -0.1) is 0 Å². The summed E-state index contributed by atoms with van der Waals surface area (Å²) in [5.74, 6) is 5.45. The maximum Gasteiger partial charge on any atom is 0.426 e. The molecule has 2 amide bonds. The van der Waals surface area contributed by atoms with Crippen molar-refractivity contribution in [3.8, 4) is 23.1 Å². The Hall–Kier alpha value is -5.01. The number of amides is 2. The Morgan fingerprint density at radius 1 is 1.03 bits per heavy atom. The number of hydrazine groups is 1. The molecule has 3 aromatic heterocycles. The maximum atomic E-state index is 13.0. The Bertz CT molecular complexity index is 1640. The molecule has 0 unspecified atom stereocenters. The Morgan fingerprint density at radius 3 is 2.46 bits per heavy atom. The zero-order valence-electron chi connectivity index (χ0n) is 21.7. The lowest BCUT2D eigenvalue weighted by Gasteiger charge is -2.19. The van der Waals surface area contributed by atoms with Crippen LogP contribution in [0.15, 0.2) is 71.9 Å². The largest absolute Gasteiger partial charge is 0.443 e. The molecule has 0 radical (unpaired) electrons. The van der Waals surface area contributed by atoms with Gasteiger partial charge in [0.25, 0.3) is 11.5 Å². The molecule has 0 aliphatic rings. The van der Waals surface area contributed by atoms with Crippen LogP contribution in [0.4, 0.5) is 4.79 Å². The molecule has 3 heterocycles. The summed E-state index contributed by atoms with van der Waals surface area (Å²) in [5, 5.41) is 9.53. The zero-order chi connectivity index (χ0) is 28.0. The number of hydrogen-bond acceptors (Lipinski definition) is 7. The van der Waals surface area contributed by atoms with Gasteiger partial charge in [0.1, 0.15) is 5.60 Å². The highest BCUT2D eigenvalue weighted by Crippen LogP contribution is 2.24. The molecule has 10 heteroatoms. The fourth-order valence-corrected chi connectivity index (χ4v) is 3.63. The summed E-state index contributed by atoms with van der Waals surface area (Å²) in [7, 11) is 0. The van der Waals surface area contributed by atoms with Crippen LogP contribution < -0.4 is 16.4 Å². The first kappa shape index (κ1) is 27.0. The summed E-state index contributed by atoms with van der Waals surface area (Å²) in [4.78, 5) is 45.8. The van der Waals surface area contributed by atoms with E-state index < -0.39 is 17.6 Å². The SMILES string of the molecule is CC(C)(C)OC(=O)NNC(=O)c1cc(-c2ccc(C#Cc3ccn(CCO)c(=O)c3)cc2)nc2ccncc12. The van der Waals surface area contributed by atoms with Crippen molar-refractivity contribution in [2.24, 2.45) is 0 Å². The molecule has 0 saturated carbocycles. The number of nitrogens with zero attached hydrogens (tertiary/aromatic N) is 3. The Morgan fingerprint density at radius 2 is 1.77 bits per heavy atom. The van der Waals surface area contributed by atoms with Crippen molar-refractivity contribution in [2.75, 3.05) is 6.61 Å². The van der Waals surface area contributed by atoms with Crippen molar-refractivity contribution in [3.63, 3.8) is 0 Å². The molecule has 0 aliphatic carbocycles. The van der Waals surface area contributed by atoms with E-state index in [1.165, 1.54) is 16.8 Å². The Kier molecular flexibility index (Phi) is 8.03. The van der Waals surface area contributed by atoms with Crippen LogP contribution in [-0.2, 0) is 11.3 Å². The maximum absolute atomic E-state index is 13.0. The monoisotopic (exact) mass is 525 g/mol. The number of pyridine rings is 3. The molecular weight excluding hydrogens is 498 g/mol. The zero-order valence-corrected chi connectivity index (χ0v) is 21.7. The molecule has 0 spiro atoms. The fourth-order valence-electron chi connectivity index (χ4n) is 3.63. The van der Waals surface area contributed by atoms with Crippen molar-refractivity contribution in [1.82, 2.24) is 25.4 Å². The topological polar surface area (TPSA) is 135 Å². The molecular formula is C29H27N5O5. The van der Waals surface area contributed by atoms with E-state index in [1.807, 2.05) is 24.3 Å². The number of aromatic nitrogens is 3. The van der Waals surface area contributed by atoms with E-state index in [4.69, 9.17) is 9.84 Å². The van der Waals surface area contributed by atoms with Crippen molar-refractivity contribution < 1.29 is 19.4 Å². The lowest BCUT2D eigenvalue weighted by Crippen LogP contribution is -2.44. The molecule has 0 atom stereocenters. The van der Waals surface area contributed by atoms with Crippen molar-refractivity contribution >= 4 is 22.9 Å². The second kappa shape index (κ2) is 11.6. The van der Waals surface area contributed by atoms with Gasteiger partial charge in [0.2, 0.25) is 0 Å². The number of aliphatic hydroxyl groups excluding tert-OH is 1. The highest BCUT2D eigenvalue weighted by atomic mass is 16.6. The number of ether oxygens (including phenoxy) is 1. The first-order valence-corrected chi connectivity index (χ1v) is 12.1. The average Bonchev–Trinajstić information content (AvgIpc) is 2.90. The predicted molar refractivity (Wildman–Crippen MR) is 146 cm³/mol. The van der Waals surface area contributed by atoms with E-state index in [-0.39, 0.29) is 24.3 Å². The molecule has 1 aromatic carbocycles.